The van der Waals surface area contributed by atoms with Gasteiger partial charge in [-0.05, 0) is 61.4 Å². The second-order valence-electron chi connectivity index (χ2n) is 5.05. The fraction of sp³-hybridized carbons (Fsp3) is 0.533. The Bertz CT molecular complexity index is 449. The summed E-state index contributed by atoms with van der Waals surface area (Å²) in [6, 6.07) is 6.40. The van der Waals surface area contributed by atoms with Crippen LogP contribution in [0.25, 0.3) is 0 Å². The topological polar surface area (TPSA) is 44.4 Å². The molecule has 0 bridgehead atoms. The third kappa shape index (κ3) is 5.13. The number of likely N-dealkylation sites (N-methyl/N-ethyl adjacent to an activating group) is 1. The van der Waals surface area contributed by atoms with Crippen LogP contribution >= 0.6 is 15.9 Å². The molecule has 0 heterocycles. The molecule has 1 aromatic carbocycles. The minimum Gasteiger partial charge on any atom is -0.362 e. The van der Waals surface area contributed by atoms with E-state index in [4.69, 9.17) is 0 Å². The molecule has 1 rings (SSSR count). The van der Waals surface area contributed by atoms with E-state index in [1.165, 1.54) is 5.56 Å². The van der Waals surface area contributed by atoms with E-state index in [1.807, 2.05) is 20.9 Å². The number of hydrogen-bond donors (Lipinski definition) is 2. The van der Waals surface area contributed by atoms with Crippen LogP contribution in [0.4, 0.5) is 5.69 Å². The third-order valence-electron chi connectivity index (χ3n) is 2.90. The lowest BCUT2D eigenvalue weighted by molar-refractivity contribution is -0.120. The molecule has 1 aromatic rings. The van der Waals surface area contributed by atoms with Crippen LogP contribution < -0.4 is 15.5 Å². The summed E-state index contributed by atoms with van der Waals surface area (Å²) >= 11 is 3.60. The summed E-state index contributed by atoms with van der Waals surface area (Å²) in [5.74, 6) is 0.0491. The van der Waals surface area contributed by atoms with Crippen molar-refractivity contribution < 1.29 is 4.79 Å². The van der Waals surface area contributed by atoms with E-state index in [2.05, 4.69) is 56.6 Å². The van der Waals surface area contributed by atoms with Crippen LogP contribution in [0.5, 0.6) is 0 Å². The van der Waals surface area contributed by atoms with Crippen LogP contribution in [0.15, 0.2) is 22.7 Å². The first-order chi connectivity index (χ1) is 9.47. The van der Waals surface area contributed by atoms with Crippen LogP contribution in [-0.4, -0.2) is 32.1 Å². The number of rotatable bonds is 7. The van der Waals surface area contributed by atoms with Crippen molar-refractivity contribution in [2.75, 3.05) is 25.0 Å². The zero-order valence-corrected chi connectivity index (χ0v) is 14.3. The third-order valence-corrected chi connectivity index (χ3v) is 3.53. The minimum absolute atomic E-state index is 0.0491. The van der Waals surface area contributed by atoms with Crippen molar-refractivity contribution in [2.24, 2.45) is 0 Å². The summed E-state index contributed by atoms with van der Waals surface area (Å²) in [5.41, 5.74) is 2.26. The summed E-state index contributed by atoms with van der Waals surface area (Å²) in [5, 5.41) is 6.05. The molecule has 4 nitrogen and oxygen atoms in total. The lowest BCUT2D eigenvalue weighted by atomic mass is 10.2. The Labute approximate surface area is 130 Å². The van der Waals surface area contributed by atoms with E-state index in [0.717, 1.165) is 23.2 Å². The number of nitrogens with one attached hydrogen (secondary N) is 2. The van der Waals surface area contributed by atoms with Gasteiger partial charge in [-0.2, -0.15) is 0 Å². The zero-order valence-electron chi connectivity index (χ0n) is 12.7. The molecule has 0 spiro atoms. The van der Waals surface area contributed by atoms with Crippen LogP contribution in [0.2, 0.25) is 0 Å². The summed E-state index contributed by atoms with van der Waals surface area (Å²) in [7, 11) is 1.93. The van der Waals surface area contributed by atoms with Gasteiger partial charge in [0, 0.05) is 23.6 Å². The average Bonchev–Trinajstić information content (AvgIpc) is 2.36. The smallest absolute Gasteiger partial charge is 0.239 e. The second kappa shape index (κ2) is 8.27. The SMILES string of the molecule is CCN(CC(=O)NC(C)C)c1ccc(CNC)cc1Br. The highest BCUT2D eigenvalue weighted by Gasteiger charge is 2.13. The Kier molecular flexibility index (Phi) is 7.02. The molecule has 20 heavy (non-hydrogen) atoms. The van der Waals surface area contributed by atoms with Gasteiger partial charge in [-0.1, -0.05) is 6.07 Å². The van der Waals surface area contributed by atoms with Crippen molar-refractivity contribution >= 4 is 27.5 Å². The van der Waals surface area contributed by atoms with E-state index < -0.39 is 0 Å². The van der Waals surface area contributed by atoms with E-state index in [0.29, 0.717) is 6.54 Å². The van der Waals surface area contributed by atoms with Crippen LogP contribution in [0.3, 0.4) is 0 Å². The maximum Gasteiger partial charge on any atom is 0.239 e. The normalized spacial score (nSPS) is 10.7. The molecule has 0 radical (unpaired) electrons. The summed E-state index contributed by atoms with van der Waals surface area (Å²) < 4.78 is 1.02. The van der Waals surface area contributed by atoms with Crippen molar-refractivity contribution in [1.82, 2.24) is 10.6 Å². The Hall–Kier alpha value is -1.07. The lowest BCUT2D eigenvalue weighted by Crippen LogP contribution is -2.40. The maximum atomic E-state index is 11.9. The highest BCUT2D eigenvalue weighted by Crippen LogP contribution is 2.27. The number of nitrogens with zero attached hydrogens (tertiary/aromatic N) is 1. The molecular formula is C15H24BrN3O. The molecule has 0 saturated heterocycles. The first-order valence-corrected chi connectivity index (χ1v) is 7.74. The first kappa shape index (κ1) is 17.0. The highest BCUT2D eigenvalue weighted by molar-refractivity contribution is 9.10. The number of anilines is 1. The Balaban J connectivity index is 2.81. The van der Waals surface area contributed by atoms with Crippen molar-refractivity contribution in [3.63, 3.8) is 0 Å². The molecule has 0 aliphatic rings. The van der Waals surface area contributed by atoms with Crippen molar-refractivity contribution in [2.45, 2.75) is 33.4 Å². The fourth-order valence-electron chi connectivity index (χ4n) is 2.03. The van der Waals surface area contributed by atoms with Gasteiger partial charge in [0.2, 0.25) is 5.91 Å². The van der Waals surface area contributed by atoms with Crippen LogP contribution in [0, 0.1) is 0 Å². The predicted octanol–water partition coefficient (Wildman–Crippen LogP) is 2.52. The molecule has 0 aliphatic heterocycles. The van der Waals surface area contributed by atoms with E-state index >= 15 is 0 Å². The van der Waals surface area contributed by atoms with Crippen molar-refractivity contribution in [3.05, 3.63) is 28.2 Å². The number of carbonyl (C=O) groups is 1. The Morgan fingerprint density at radius 2 is 2.10 bits per heavy atom. The summed E-state index contributed by atoms with van der Waals surface area (Å²) in [4.78, 5) is 14.0. The van der Waals surface area contributed by atoms with Gasteiger partial charge >= 0.3 is 0 Å². The van der Waals surface area contributed by atoms with Gasteiger partial charge in [-0.15, -0.1) is 0 Å². The molecule has 112 valence electrons. The fourth-order valence-corrected chi connectivity index (χ4v) is 2.71. The number of benzene rings is 1. The van der Waals surface area contributed by atoms with Gasteiger partial charge in [-0.25, -0.2) is 0 Å². The van der Waals surface area contributed by atoms with Gasteiger partial charge in [-0.3, -0.25) is 4.79 Å². The summed E-state index contributed by atoms with van der Waals surface area (Å²) in [6.45, 7) is 7.98. The van der Waals surface area contributed by atoms with Gasteiger partial charge < -0.3 is 15.5 Å². The van der Waals surface area contributed by atoms with Crippen LogP contribution in [0.1, 0.15) is 26.3 Å². The number of hydrogen-bond acceptors (Lipinski definition) is 3. The molecule has 0 aromatic heterocycles. The standard InChI is InChI=1S/C15H24BrN3O/c1-5-19(10-15(20)18-11(2)3)14-7-6-12(9-17-4)8-13(14)16/h6-8,11,17H,5,9-10H2,1-4H3,(H,18,20). The van der Waals surface area contributed by atoms with E-state index in [-0.39, 0.29) is 11.9 Å². The second-order valence-corrected chi connectivity index (χ2v) is 5.91. The Morgan fingerprint density at radius 1 is 1.40 bits per heavy atom. The van der Waals surface area contributed by atoms with Gasteiger partial charge in [0.15, 0.2) is 0 Å². The summed E-state index contributed by atoms with van der Waals surface area (Å²) in [6.07, 6.45) is 0. The van der Waals surface area contributed by atoms with E-state index in [9.17, 15) is 4.79 Å². The highest BCUT2D eigenvalue weighted by atomic mass is 79.9. The Morgan fingerprint density at radius 3 is 2.60 bits per heavy atom. The molecule has 5 heteroatoms. The molecule has 0 atom stereocenters. The first-order valence-electron chi connectivity index (χ1n) is 6.95. The van der Waals surface area contributed by atoms with E-state index in [1.54, 1.807) is 0 Å². The zero-order chi connectivity index (χ0) is 15.1. The largest absolute Gasteiger partial charge is 0.362 e. The van der Waals surface area contributed by atoms with Gasteiger partial charge in [0.05, 0.1) is 12.2 Å². The minimum atomic E-state index is 0.0491. The monoisotopic (exact) mass is 341 g/mol. The average molecular weight is 342 g/mol. The maximum absolute atomic E-state index is 11.9. The predicted molar refractivity (Wildman–Crippen MR) is 88.1 cm³/mol. The van der Waals surface area contributed by atoms with Crippen molar-refractivity contribution in [1.29, 1.82) is 0 Å². The molecule has 0 unspecified atom stereocenters. The molecule has 2 N–H and O–H groups in total. The molecule has 0 fully saturated rings. The quantitative estimate of drug-likeness (QED) is 0.800. The van der Waals surface area contributed by atoms with Crippen molar-refractivity contribution in [3.8, 4) is 0 Å². The number of amides is 1. The van der Waals surface area contributed by atoms with Crippen LogP contribution in [-0.2, 0) is 11.3 Å². The number of halogens is 1. The van der Waals surface area contributed by atoms with Gasteiger partial charge in [0.1, 0.15) is 0 Å². The molecule has 0 aliphatic carbocycles. The number of carbonyl (C=O) groups excluding carboxylic acids is 1. The molecule has 1 amide bonds. The molecule has 0 saturated carbocycles. The van der Waals surface area contributed by atoms with Gasteiger partial charge in [0.25, 0.3) is 0 Å². The molecular weight excluding hydrogens is 318 g/mol. The lowest BCUT2D eigenvalue weighted by Gasteiger charge is -2.24.